The van der Waals surface area contributed by atoms with E-state index in [0.29, 0.717) is 12.3 Å². The van der Waals surface area contributed by atoms with E-state index in [2.05, 4.69) is 17.6 Å². The van der Waals surface area contributed by atoms with Gasteiger partial charge in [0.2, 0.25) is 5.91 Å². The summed E-state index contributed by atoms with van der Waals surface area (Å²) in [6.07, 6.45) is 3.75. The minimum atomic E-state index is 0. The van der Waals surface area contributed by atoms with Gasteiger partial charge < -0.3 is 15.4 Å². The summed E-state index contributed by atoms with van der Waals surface area (Å²) in [6, 6.07) is 5.82. The normalized spacial score (nSPS) is 16.9. The molecule has 0 aromatic heterocycles. The average Bonchev–Trinajstić information content (AvgIpc) is 2.99. The molecule has 2 rings (SSSR count). The lowest BCUT2D eigenvalue weighted by atomic mass is 10.0. The summed E-state index contributed by atoms with van der Waals surface area (Å²) < 4.78 is 5.59. The van der Waals surface area contributed by atoms with Crippen LogP contribution in [0.5, 0.6) is 5.75 Å². The zero-order valence-corrected chi connectivity index (χ0v) is 14.3. The number of ether oxygens (including phenoxy) is 1. The van der Waals surface area contributed by atoms with Crippen molar-refractivity contribution in [1.29, 1.82) is 0 Å². The number of nitrogens with one attached hydrogen (secondary N) is 2. The lowest BCUT2D eigenvalue weighted by Gasteiger charge is -2.12. The van der Waals surface area contributed by atoms with Gasteiger partial charge in [0.25, 0.3) is 0 Å². The Bertz CT molecular complexity index is 474. The number of anilines is 1. The highest BCUT2D eigenvalue weighted by molar-refractivity contribution is 5.91. The van der Waals surface area contributed by atoms with E-state index in [1.165, 1.54) is 6.42 Å². The molecule has 0 aliphatic carbocycles. The molecule has 1 amide bonds. The van der Waals surface area contributed by atoms with Crippen molar-refractivity contribution in [1.82, 2.24) is 5.32 Å². The second-order valence-corrected chi connectivity index (χ2v) is 5.77. The van der Waals surface area contributed by atoms with Crippen LogP contribution in [0.2, 0.25) is 0 Å². The van der Waals surface area contributed by atoms with Crippen LogP contribution in [0.25, 0.3) is 0 Å². The van der Waals surface area contributed by atoms with Gasteiger partial charge in [-0.2, -0.15) is 0 Å². The van der Waals surface area contributed by atoms with E-state index >= 15 is 0 Å². The fourth-order valence-corrected chi connectivity index (χ4v) is 2.59. The number of halogens is 1. The zero-order chi connectivity index (χ0) is 15.1. The molecule has 1 heterocycles. The molecule has 0 saturated carbocycles. The van der Waals surface area contributed by atoms with E-state index in [0.717, 1.165) is 49.5 Å². The molecule has 4 nitrogen and oxygen atoms in total. The van der Waals surface area contributed by atoms with Crippen LogP contribution in [0.4, 0.5) is 5.69 Å². The van der Waals surface area contributed by atoms with Crippen LogP contribution < -0.4 is 15.4 Å². The SMILES string of the molecule is CCCOc1ccc(NC(=O)CCC2CCNC2)c(C)c1.Cl. The number of aryl methyl sites for hydroxylation is 1. The molecular formula is C17H27ClN2O2. The van der Waals surface area contributed by atoms with Gasteiger partial charge in [0.05, 0.1) is 6.61 Å². The summed E-state index contributed by atoms with van der Waals surface area (Å²) in [5.74, 6) is 1.62. The fraction of sp³-hybridized carbons (Fsp3) is 0.588. The molecule has 22 heavy (non-hydrogen) atoms. The van der Waals surface area contributed by atoms with Gasteiger partial charge in [0.1, 0.15) is 5.75 Å². The molecule has 1 aromatic carbocycles. The third kappa shape index (κ3) is 5.85. The smallest absolute Gasteiger partial charge is 0.224 e. The van der Waals surface area contributed by atoms with E-state index in [4.69, 9.17) is 4.74 Å². The standard InChI is InChI=1S/C17H26N2O2.ClH/c1-3-10-21-15-5-6-16(13(2)11-15)19-17(20)7-4-14-8-9-18-12-14;/h5-6,11,14,18H,3-4,7-10,12H2,1-2H3,(H,19,20);1H. The summed E-state index contributed by atoms with van der Waals surface area (Å²) >= 11 is 0. The monoisotopic (exact) mass is 326 g/mol. The number of carbonyl (C=O) groups excluding carboxylic acids is 1. The van der Waals surface area contributed by atoms with Gasteiger partial charge in [-0.15, -0.1) is 12.4 Å². The summed E-state index contributed by atoms with van der Waals surface area (Å²) in [7, 11) is 0. The molecule has 1 aliphatic rings. The summed E-state index contributed by atoms with van der Waals surface area (Å²) in [6.45, 7) is 6.94. The van der Waals surface area contributed by atoms with Crippen LogP contribution in [0.3, 0.4) is 0 Å². The van der Waals surface area contributed by atoms with Crippen molar-refractivity contribution in [2.24, 2.45) is 5.92 Å². The topological polar surface area (TPSA) is 50.4 Å². The molecule has 1 aliphatic heterocycles. The number of carbonyl (C=O) groups is 1. The van der Waals surface area contributed by atoms with Crippen LogP contribution in [-0.4, -0.2) is 25.6 Å². The van der Waals surface area contributed by atoms with Gasteiger partial charge in [-0.05, 0) is 69.0 Å². The maximum Gasteiger partial charge on any atom is 0.224 e. The van der Waals surface area contributed by atoms with Gasteiger partial charge in [-0.25, -0.2) is 0 Å². The van der Waals surface area contributed by atoms with Crippen molar-refractivity contribution in [3.63, 3.8) is 0 Å². The van der Waals surface area contributed by atoms with E-state index in [9.17, 15) is 4.79 Å². The Labute approximate surface area is 139 Å². The Morgan fingerprint density at radius 3 is 2.91 bits per heavy atom. The first-order valence-electron chi connectivity index (χ1n) is 7.93. The molecule has 1 unspecified atom stereocenters. The highest BCUT2D eigenvalue weighted by Gasteiger charge is 2.16. The molecule has 0 spiro atoms. The van der Waals surface area contributed by atoms with Crippen LogP contribution in [0.15, 0.2) is 18.2 Å². The lowest BCUT2D eigenvalue weighted by Crippen LogP contribution is -2.15. The maximum atomic E-state index is 12.0. The predicted octanol–water partition coefficient (Wildman–Crippen LogP) is 3.53. The van der Waals surface area contributed by atoms with Crippen LogP contribution in [-0.2, 0) is 4.79 Å². The number of rotatable bonds is 7. The quantitative estimate of drug-likeness (QED) is 0.806. The Morgan fingerprint density at radius 2 is 2.27 bits per heavy atom. The van der Waals surface area contributed by atoms with Crippen molar-refractivity contribution in [3.8, 4) is 5.75 Å². The molecule has 124 valence electrons. The molecule has 0 bridgehead atoms. The minimum Gasteiger partial charge on any atom is -0.494 e. The van der Waals surface area contributed by atoms with Crippen molar-refractivity contribution >= 4 is 24.0 Å². The number of amides is 1. The number of benzene rings is 1. The Balaban J connectivity index is 0.00000242. The third-order valence-corrected chi connectivity index (χ3v) is 3.89. The van der Waals surface area contributed by atoms with Gasteiger partial charge >= 0.3 is 0 Å². The van der Waals surface area contributed by atoms with E-state index in [1.807, 2.05) is 25.1 Å². The molecule has 0 radical (unpaired) electrons. The Morgan fingerprint density at radius 1 is 1.45 bits per heavy atom. The van der Waals surface area contributed by atoms with Crippen LogP contribution in [0, 0.1) is 12.8 Å². The highest BCUT2D eigenvalue weighted by Crippen LogP contribution is 2.22. The van der Waals surface area contributed by atoms with Crippen molar-refractivity contribution < 1.29 is 9.53 Å². The molecule has 1 saturated heterocycles. The van der Waals surface area contributed by atoms with E-state index in [-0.39, 0.29) is 18.3 Å². The molecule has 2 N–H and O–H groups in total. The third-order valence-electron chi connectivity index (χ3n) is 3.89. The molecular weight excluding hydrogens is 300 g/mol. The highest BCUT2D eigenvalue weighted by atomic mass is 35.5. The molecule has 1 aromatic rings. The van der Waals surface area contributed by atoms with E-state index < -0.39 is 0 Å². The first-order valence-corrected chi connectivity index (χ1v) is 7.93. The summed E-state index contributed by atoms with van der Waals surface area (Å²) in [5, 5.41) is 6.33. The second kappa shape index (κ2) is 9.70. The maximum absolute atomic E-state index is 12.0. The van der Waals surface area contributed by atoms with Gasteiger partial charge in [0.15, 0.2) is 0 Å². The Hall–Kier alpha value is -1.26. The second-order valence-electron chi connectivity index (χ2n) is 5.77. The summed E-state index contributed by atoms with van der Waals surface area (Å²) in [5.41, 5.74) is 1.92. The summed E-state index contributed by atoms with van der Waals surface area (Å²) in [4.78, 5) is 12.0. The van der Waals surface area contributed by atoms with Gasteiger partial charge in [-0.1, -0.05) is 6.92 Å². The first-order chi connectivity index (χ1) is 10.2. The van der Waals surface area contributed by atoms with Crippen LogP contribution >= 0.6 is 12.4 Å². The molecule has 1 atom stereocenters. The first kappa shape index (κ1) is 18.8. The molecule has 1 fully saturated rings. The lowest BCUT2D eigenvalue weighted by molar-refractivity contribution is -0.116. The van der Waals surface area contributed by atoms with Crippen molar-refractivity contribution in [3.05, 3.63) is 23.8 Å². The minimum absolute atomic E-state index is 0. The van der Waals surface area contributed by atoms with Crippen molar-refractivity contribution in [2.75, 3.05) is 25.0 Å². The molecule has 5 heteroatoms. The van der Waals surface area contributed by atoms with Crippen LogP contribution in [0.1, 0.15) is 38.2 Å². The predicted molar refractivity (Wildman–Crippen MR) is 93.1 cm³/mol. The number of hydrogen-bond acceptors (Lipinski definition) is 3. The largest absolute Gasteiger partial charge is 0.494 e. The van der Waals surface area contributed by atoms with Gasteiger partial charge in [0, 0.05) is 12.1 Å². The van der Waals surface area contributed by atoms with Crippen molar-refractivity contribution in [2.45, 2.75) is 39.5 Å². The Kier molecular flexibility index (Phi) is 8.28. The van der Waals surface area contributed by atoms with Gasteiger partial charge in [-0.3, -0.25) is 4.79 Å². The average molecular weight is 327 g/mol. The number of hydrogen-bond donors (Lipinski definition) is 2. The zero-order valence-electron chi connectivity index (χ0n) is 13.5. The fourth-order valence-electron chi connectivity index (χ4n) is 2.59. The van der Waals surface area contributed by atoms with E-state index in [1.54, 1.807) is 0 Å².